The highest BCUT2D eigenvalue weighted by molar-refractivity contribution is 7.22. The lowest BCUT2D eigenvalue weighted by molar-refractivity contribution is 0.0896. The van der Waals surface area contributed by atoms with Crippen LogP contribution in [0.5, 0.6) is 0 Å². The van der Waals surface area contributed by atoms with Crippen molar-refractivity contribution < 1.29 is 8.06 Å². The fraction of sp³-hybridized carbons (Fsp3) is 0.467. The van der Waals surface area contributed by atoms with E-state index in [1.807, 2.05) is 30.3 Å². The van der Waals surface area contributed by atoms with Crippen LogP contribution in [0.1, 0.15) is 15.7 Å². The Kier molecular flexibility index (Phi) is 4.21. The number of piperidine rings is 3. The first kappa shape index (κ1) is 13.8. The number of fused-ring (bicyclic) bond motifs is 4. The summed E-state index contributed by atoms with van der Waals surface area (Å²) in [5, 5.41) is 10.5. The first-order chi connectivity index (χ1) is 9.76. The van der Waals surface area contributed by atoms with E-state index in [1.165, 1.54) is 42.0 Å². The van der Waals surface area contributed by atoms with Crippen LogP contribution in [-0.4, -0.2) is 35.8 Å². The summed E-state index contributed by atoms with van der Waals surface area (Å²) in [6, 6.07) is 10.4. The van der Waals surface area contributed by atoms with Gasteiger partial charge in [0.25, 0.3) is 0 Å². The van der Waals surface area contributed by atoms with Gasteiger partial charge in [-0.25, -0.2) is 0 Å². The number of hydrogen-bond donors (Lipinski definition) is 3. The lowest BCUT2D eigenvalue weighted by Gasteiger charge is -2.43. The van der Waals surface area contributed by atoms with E-state index in [1.54, 1.807) is 0 Å². The quantitative estimate of drug-likeness (QED) is 0.707. The van der Waals surface area contributed by atoms with Crippen molar-refractivity contribution >= 4 is 26.4 Å². The second-order valence-electron chi connectivity index (χ2n) is 5.56. The van der Waals surface area contributed by atoms with Crippen LogP contribution in [0, 0.1) is 5.92 Å². The fourth-order valence-electron chi connectivity index (χ4n) is 3.05. The number of nitrogens with zero attached hydrogens (tertiary/aromatic N) is 1. The zero-order valence-electron chi connectivity index (χ0n) is 11.5. The van der Waals surface area contributed by atoms with Crippen LogP contribution in [0.3, 0.4) is 0 Å². The minimum atomic E-state index is 0. The first-order valence-electron chi connectivity index (χ1n) is 7.13. The summed E-state index contributed by atoms with van der Waals surface area (Å²) >= 11 is 1.54. The molecule has 0 unspecified atom stereocenters. The molecule has 3 saturated heterocycles. The zero-order chi connectivity index (χ0) is 13.9. The molecule has 3 aliphatic rings. The molecule has 0 spiro atoms. The molecule has 20 heavy (non-hydrogen) atoms. The molecule has 5 heteroatoms. The van der Waals surface area contributed by atoms with Crippen molar-refractivity contribution in [2.45, 2.75) is 18.9 Å². The van der Waals surface area contributed by atoms with Crippen LogP contribution in [0.2, 0.25) is 0 Å². The van der Waals surface area contributed by atoms with E-state index < -0.39 is 0 Å². The van der Waals surface area contributed by atoms with Crippen molar-refractivity contribution in [1.82, 2.24) is 4.90 Å². The Labute approximate surface area is 126 Å². The van der Waals surface area contributed by atoms with Gasteiger partial charge < -0.3 is 10.6 Å². The number of benzene rings is 1. The maximum Gasteiger partial charge on any atom is 0.114 e. The molecular formula is C15H25N3OS. The molecule has 0 radical (unpaired) electrons. The van der Waals surface area contributed by atoms with E-state index in [4.69, 9.17) is 10.9 Å². The molecule has 4 N–H and O–H groups in total. The van der Waals surface area contributed by atoms with Gasteiger partial charge in [0, 0.05) is 20.1 Å². The van der Waals surface area contributed by atoms with E-state index >= 15 is 0 Å². The van der Waals surface area contributed by atoms with Crippen LogP contribution >= 0.6 is 11.3 Å². The van der Waals surface area contributed by atoms with E-state index in [0.29, 0.717) is 6.04 Å². The molecule has 4 nitrogen and oxygen atoms in total. The van der Waals surface area contributed by atoms with Gasteiger partial charge in [-0.3, -0.25) is 10.7 Å². The predicted molar refractivity (Wildman–Crippen MR) is 88.6 cm³/mol. The number of thiophene rings is 1. The largest absolute Gasteiger partial charge is 0.326 e. The van der Waals surface area contributed by atoms with Gasteiger partial charge >= 0.3 is 0 Å². The Morgan fingerprint density at radius 2 is 2.05 bits per heavy atom. The summed E-state index contributed by atoms with van der Waals surface area (Å²) in [5.41, 5.74) is 8.01. The molecule has 2 aromatic rings. The van der Waals surface area contributed by atoms with E-state index in [9.17, 15) is 0 Å². The lowest BCUT2D eigenvalue weighted by Crippen LogP contribution is -2.54. The Balaban J connectivity index is 0.000000205. The molecule has 0 aliphatic carbocycles. The Morgan fingerprint density at radius 1 is 1.30 bits per heavy atom. The van der Waals surface area contributed by atoms with Crippen molar-refractivity contribution in [3.8, 4) is 0 Å². The van der Waals surface area contributed by atoms with Crippen LogP contribution in [-0.2, 0) is 0 Å². The summed E-state index contributed by atoms with van der Waals surface area (Å²) in [7, 11) is 0. The molecular weight excluding hydrogens is 270 g/mol. The monoisotopic (exact) mass is 295 g/mol. The highest BCUT2D eigenvalue weighted by Crippen LogP contribution is 2.28. The van der Waals surface area contributed by atoms with Crippen LogP contribution in [0.25, 0.3) is 10.1 Å². The summed E-state index contributed by atoms with van der Waals surface area (Å²) in [5.74, 6) is 0.856. The minimum Gasteiger partial charge on any atom is -0.326 e. The first-order valence-corrected chi connectivity index (χ1v) is 7.94. The molecule has 1 aromatic heterocycles. The third-order valence-corrected chi connectivity index (χ3v) is 5.26. The lowest BCUT2D eigenvalue weighted by atomic mass is 9.85. The number of hydrogen-bond acceptors (Lipinski definition) is 5. The minimum absolute atomic E-state index is 0. The summed E-state index contributed by atoms with van der Waals surface area (Å²) in [6.45, 7) is 3.77. The van der Waals surface area contributed by atoms with Gasteiger partial charge in [-0.05, 0) is 49.4 Å². The van der Waals surface area contributed by atoms with Crippen LogP contribution < -0.4 is 11.2 Å². The van der Waals surface area contributed by atoms with E-state index in [0.717, 1.165) is 22.8 Å². The normalized spacial score (nSPS) is 28.0. The van der Waals surface area contributed by atoms with Gasteiger partial charge in [0.05, 0.1) is 0 Å². The third-order valence-electron chi connectivity index (χ3n) is 4.24. The van der Waals surface area contributed by atoms with Crippen molar-refractivity contribution in [1.29, 1.82) is 0 Å². The SMILES string of the molecule is N[C@H]1CN2CCC1CC2.ONc1cc2ccccc2s1.[HH].[HH]. The zero-order valence-corrected chi connectivity index (χ0v) is 12.3. The molecule has 3 fully saturated rings. The smallest absolute Gasteiger partial charge is 0.114 e. The van der Waals surface area contributed by atoms with Crippen molar-refractivity contribution in [2.75, 3.05) is 25.1 Å². The van der Waals surface area contributed by atoms with Gasteiger partial charge in [-0.1, -0.05) is 18.2 Å². The standard InChI is InChI=1S/C8H7NOS.C7H14N2.2H2/c10-9-8-5-6-3-1-2-4-7(6)11-8;8-7-5-9-3-1-6(7)2-4-9;;/h1-5,9-10H;6-7H,1-5,8H2;2*1H/t;7-;;/m.0../s1. The second kappa shape index (κ2) is 6.10. The average Bonchev–Trinajstić information content (AvgIpc) is 2.92. The molecule has 3 aliphatic heterocycles. The molecule has 1 aromatic carbocycles. The predicted octanol–water partition coefficient (Wildman–Crippen LogP) is 3.23. The molecule has 0 amide bonds. The molecule has 4 heterocycles. The van der Waals surface area contributed by atoms with Crippen LogP contribution in [0.4, 0.5) is 5.00 Å². The van der Waals surface area contributed by atoms with Gasteiger partial charge in [0.15, 0.2) is 0 Å². The van der Waals surface area contributed by atoms with Crippen molar-refractivity contribution in [3.63, 3.8) is 0 Å². The molecule has 0 saturated carbocycles. The highest BCUT2D eigenvalue weighted by atomic mass is 32.1. The number of nitrogens with one attached hydrogen (secondary N) is 1. The summed E-state index contributed by atoms with van der Waals surface area (Å²) < 4.78 is 1.18. The van der Waals surface area contributed by atoms with Crippen molar-refractivity contribution in [2.24, 2.45) is 11.7 Å². The van der Waals surface area contributed by atoms with E-state index in [-0.39, 0.29) is 2.85 Å². The summed E-state index contributed by atoms with van der Waals surface area (Å²) in [6.07, 6.45) is 2.70. The maximum absolute atomic E-state index is 8.60. The topological polar surface area (TPSA) is 61.5 Å². The van der Waals surface area contributed by atoms with Gasteiger partial charge in [0.1, 0.15) is 5.00 Å². The van der Waals surface area contributed by atoms with Gasteiger partial charge in [-0.2, -0.15) is 0 Å². The number of anilines is 1. The van der Waals surface area contributed by atoms with Crippen LogP contribution in [0.15, 0.2) is 30.3 Å². The highest BCUT2D eigenvalue weighted by Gasteiger charge is 2.31. The summed E-state index contributed by atoms with van der Waals surface area (Å²) in [4.78, 5) is 2.48. The maximum atomic E-state index is 8.60. The molecule has 1 atom stereocenters. The number of nitrogens with two attached hydrogens (primary N) is 1. The van der Waals surface area contributed by atoms with Gasteiger partial charge in [-0.15, -0.1) is 11.3 Å². The number of rotatable bonds is 1. The van der Waals surface area contributed by atoms with Gasteiger partial charge in [0.2, 0.25) is 0 Å². The molecule has 5 rings (SSSR count). The Bertz CT molecular complexity index is 540. The second-order valence-corrected chi connectivity index (χ2v) is 6.65. The average molecular weight is 295 g/mol. The third kappa shape index (κ3) is 2.96. The van der Waals surface area contributed by atoms with E-state index in [2.05, 4.69) is 10.4 Å². The Morgan fingerprint density at radius 3 is 2.55 bits per heavy atom. The fourth-order valence-corrected chi connectivity index (χ4v) is 3.91. The van der Waals surface area contributed by atoms with Crippen molar-refractivity contribution in [3.05, 3.63) is 30.3 Å². The molecule has 2 bridgehead atoms. The Hall–Kier alpha value is -1.14. The molecule has 112 valence electrons.